The first kappa shape index (κ1) is 6.99. The molecule has 4 N–H and O–H groups in total. The molecular weight excluding hydrogens is 116 g/mol. The van der Waals surface area contributed by atoms with Crippen LogP contribution in [0.15, 0.2) is 0 Å². The Morgan fingerprint density at radius 2 is 2.22 bits per heavy atom. The van der Waals surface area contributed by atoms with Crippen molar-refractivity contribution in [2.75, 3.05) is 7.05 Å². The fourth-order valence-electron chi connectivity index (χ4n) is 1.36. The number of aliphatic hydroxyl groups is 1. The number of likely N-dealkylation sites (N-methyl/N-ethyl adjacent to an activating group) is 1. The van der Waals surface area contributed by atoms with Crippen LogP contribution in [0.3, 0.4) is 0 Å². The predicted molar refractivity (Wildman–Crippen MR) is 36.1 cm³/mol. The van der Waals surface area contributed by atoms with Crippen molar-refractivity contribution in [1.82, 2.24) is 5.32 Å². The number of hydrogen-bond acceptors (Lipinski definition) is 3. The SMILES string of the molecule is CN[C@H]1C[C@@H](N)CC1O. The zero-order chi connectivity index (χ0) is 6.85. The number of nitrogens with one attached hydrogen (secondary N) is 1. The van der Waals surface area contributed by atoms with Crippen molar-refractivity contribution >= 4 is 0 Å². The Bertz CT molecular complexity index is 97.1. The molecule has 1 saturated carbocycles. The van der Waals surface area contributed by atoms with Gasteiger partial charge in [-0.2, -0.15) is 0 Å². The first-order chi connectivity index (χ1) is 4.24. The second kappa shape index (κ2) is 2.64. The van der Waals surface area contributed by atoms with Crippen molar-refractivity contribution in [3.63, 3.8) is 0 Å². The molecule has 0 aromatic carbocycles. The number of nitrogens with two attached hydrogens (primary N) is 1. The number of aliphatic hydroxyl groups excluding tert-OH is 1. The molecule has 1 fully saturated rings. The maximum absolute atomic E-state index is 9.22. The Morgan fingerprint density at radius 1 is 1.56 bits per heavy atom. The monoisotopic (exact) mass is 130 g/mol. The van der Waals surface area contributed by atoms with E-state index in [1.807, 2.05) is 7.05 Å². The molecule has 0 spiro atoms. The molecule has 0 aromatic heterocycles. The van der Waals surface area contributed by atoms with Gasteiger partial charge in [-0.25, -0.2) is 0 Å². The zero-order valence-corrected chi connectivity index (χ0v) is 5.67. The van der Waals surface area contributed by atoms with Gasteiger partial charge in [-0.1, -0.05) is 0 Å². The molecule has 0 radical (unpaired) electrons. The lowest BCUT2D eigenvalue weighted by Crippen LogP contribution is -2.32. The smallest absolute Gasteiger partial charge is 0.0708 e. The fraction of sp³-hybridized carbons (Fsp3) is 1.00. The van der Waals surface area contributed by atoms with Crippen LogP contribution in [0.5, 0.6) is 0 Å². The summed E-state index contributed by atoms with van der Waals surface area (Å²) in [5, 5.41) is 12.2. The quantitative estimate of drug-likeness (QED) is 0.429. The maximum Gasteiger partial charge on any atom is 0.0708 e. The lowest BCUT2D eigenvalue weighted by molar-refractivity contribution is 0.152. The van der Waals surface area contributed by atoms with E-state index < -0.39 is 0 Å². The summed E-state index contributed by atoms with van der Waals surface area (Å²) in [6, 6.07) is 0.414. The van der Waals surface area contributed by atoms with E-state index in [4.69, 9.17) is 5.73 Å². The van der Waals surface area contributed by atoms with Crippen LogP contribution >= 0.6 is 0 Å². The lowest BCUT2D eigenvalue weighted by atomic mass is 10.2. The first-order valence-electron chi connectivity index (χ1n) is 3.35. The minimum Gasteiger partial charge on any atom is -0.391 e. The van der Waals surface area contributed by atoms with Gasteiger partial charge in [-0.15, -0.1) is 0 Å². The maximum atomic E-state index is 9.22. The molecule has 0 amide bonds. The van der Waals surface area contributed by atoms with Gasteiger partial charge in [0.1, 0.15) is 0 Å². The van der Waals surface area contributed by atoms with Gasteiger partial charge in [0.15, 0.2) is 0 Å². The minimum absolute atomic E-state index is 0.192. The highest BCUT2D eigenvalue weighted by Gasteiger charge is 2.28. The first-order valence-corrected chi connectivity index (χ1v) is 3.35. The summed E-state index contributed by atoms with van der Waals surface area (Å²) >= 11 is 0. The van der Waals surface area contributed by atoms with Gasteiger partial charge >= 0.3 is 0 Å². The molecule has 9 heavy (non-hydrogen) atoms. The van der Waals surface area contributed by atoms with Crippen LogP contribution in [0.2, 0.25) is 0 Å². The third kappa shape index (κ3) is 1.41. The molecule has 3 atom stereocenters. The van der Waals surface area contributed by atoms with E-state index in [1.54, 1.807) is 0 Å². The predicted octanol–water partition coefficient (Wildman–Crippen LogP) is -0.944. The molecule has 0 aliphatic heterocycles. The Balaban J connectivity index is 2.38. The Labute approximate surface area is 55.2 Å². The Hall–Kier alpha value is -0.120. The van der Waals surface area contributed by atoms with Crippen molar-refractivity contribution in [2.45, 2.75) is 31.0 Å². The summed E-state index contributed by atoms with van der Waals surface area (Å²) in [7, 11) is 1.85. The fourth-order valence-corrected chi connectivity index (χ4v) is 1.36. The topological polar surface area (TPSA) is 58.3 Å². The van der Waals surface area contributed by atoms with Crippen molar-refractivity contribution in [3.8, 4) is 0 Å². The van der Waals surface area contributed by atoms with Crippen molar-refractivity contribution in [3.05, 3.63) is 0 Å². The molecule has 1 unspecified atom stereocenters. The molecule has 54 valence electrons. The normalized spacial score (nSPS) is 43.7. The Morgan fingerprint density at radius 3 is 2.44 bits per heavy atom. The largest absolute Gasteiger partial charge is 0.391 e. The second-order valence-electron chi connectivity index (χ2n) is 2.69. The van der Waals surface area contributed by atoms with Crippen LogP contribution in [0.25, 0.3) is 0 Å². The van der Waals surface area contributed by atoms with E-state index >= 15 is 0 Å². The van der Waals surface area contributed by atoms with Crippen molar-refractivity contribution in [2.24, 2.45) is 5.73 Å². The molecular formula is C6H14N2O. The molecule has 3 heteroatoms. The zero-order valence-electron chi connectivity index (χ0n) is 5.67. The molecule has 3 nitrogen and oxygen atoms in total. The standard InChI is InChI=1S/C6H14N2O/c1-8-5-2-4(7)3-6(5)9/h4-6,8-9H,2-3,7H2,1H3/t4-,5+,6?/m1/s1. The van der Waals surface area contributed by atoms with E-state index in [-0.39, 0.29) is 18.2 Å². The Kier molecular flexibility index (Phi) is 2.05. The highest BCUT2D eigenvalue weighted by molar-refractivity contribution is 4.89. The van der Waals surface area contributed by atoms with Gasteiger partial charge < -0.3 is 16.2 Å². The summed E-state index contributed by atoms with van der Waals surface area (Å²) in [5.74, 6) is 0. The average Bonchev–Trinajstić information content (AvgIpc) is 2.10. The summed E-state index contributed by atoms with van der Waals surface area (Å²) in [5.41, 5.74) is 5.59. The summed E-state index contributed by atoms with van der Waals surface area (Å²) in [4.78, 5) is 0. The van der Waals surface area contributed by atoms with E-state index in [9.17, 15) is 5.11 Å². The van der Waals surface area contributed by atoms with Gasteiger partial charge in [-0.05, 0) is 19.9 Å². The van der Waals surface area contributed by atoms with Crippen LogP contribution in [0.1, 0.15) is 12.8 Å². The summed E-state index contributed by atoms with van der Waals surface area (Å²) < 4.78 is 0. The van der Waals surface area contributed by atoms with Gasteiger partial charge in [0.2, 0.25) is 0 Å². The molecule has 1 aliphatic rings. The van der Waals surface area contributed by atoms with E-state index in [0.717, 1.165) is 12.8 Å². The summed E-state index contributed by atoms with van der Waals surface area (Å²) in [6.45, 7) is 0. The highest BCUT2D eigenvalue weighted by atomic mass is 16.3. The molecule has 0 saturated heterocycles. The van der Waals surface area contributed by atoms with E-state index in [2.05, 4.69) is 5.32 Å². The highest BCUT2D eigenvalue weighted by Crippen LogP contribution is 2.17. The lowest BCUT2D eigenvalue weighted by Gasteiger charge is -2.11. The summed E-state index contributed by atoms with van der Waals surface area (Å²) in [6.07, 6.45) is 1.41. The molecule has 0 bridgehead atoms. The third-order valence-electron chi connectivity index (χ3n) is 1.94. The molecule has 0 aromatic rings. The molecule has 1 rings (SSSR count). The minimum atomic E-state index is -0.231. The van der Waals surface area contributed by atoms with Crippen LogP contribution < -0.4 is 11.1 Å². The van der Waals surface area contributed by atoms with E-state index in [0.29, 0.717) is 0 Å². The van der Waals surface area contributed by atoms with Crippen LogP contribution in [0, 0.1) is 0 Å². The van der Waals surface area contributed by atoms with Gasteiger partial charge in [0.25, 0.3) is 0 Å². The second-order valence-corrected chi connectivity index (χ2v) is 2.69. The third-order valence-corrected chi connectivity index (χ3v) is 1.94. The van der Waals surface area contributed by atoms with E-state index in [1.165, 1.54) is 0 Å². The average molecular weight is 130 g/mol. The number of rotatable bonds is 1. The van der Waals surface area contributed by atoms with Crippen molar-refractivity contribution in [1.29, 1.82) is 0 Å². The van der Waals surface area contributed by atoms with Crippen LogP contribution in [-0.2, 0) is 0 Å². The van der Waals surface area contributed by atoms with Gasteiger partial charge in [0, 0.05) is 12.1 Å². The van der Waals surface area contributed by atoms with Crippen LogP contribution in [0.4, 0.5) is 0 Å². The van der Waals surface area contributed by atoms with Gasteiger partial charge in [-0.3, -0.25) is 0 Å². The van der Waals surface area contributed by atoms with Gasteiger partial charge in [0.05, 0.1) is 6.10 Å². The van der Waals surface area contributed by atoms with Crippen LogP contribution in [-0.4, -0.2) is 30.3 Å². The van der Waals surface area contributed by atoms with Crippen molar-refractivity contribution < 1.29 is 5.11 Å². The molecule has 1 aliphatic carbocycles. The number of hydrogen-bond donors (Lipinski definition) is 3. The molecule has 0 heterocycles.